The minimum atomic E-state index is -0.418. The molecule has 4 aromatic heterocycles. The predicted molar refractivity (Wildman–Crippen MR) is 73.9 cm³/mol. The molecule has 3 N–H and O–H groups in total. The summed E-state index contributed by atoms with van der Waals surface area (Å²) in [6, 6.07) is 1.72. The van der Waals surface area contributed by atoms with Gasteiger partial charge in [-0.05, 0) is 13.0 Å². The molecule has 4 rings (SSSR count). The van der Waals surface area contributed by atoms with Gasteiger partial charge in [-0.1, -0.05) is 0 Å². The second kappa shape index (κ2) is 3.92. The van der Waals surface area contributed by atoms with E-state index in [1.165, 1.54) is 0 Å². The normalized spacial score (nSPS) is 11.5. The molecule has 0 aromatic carbocycles. The number of pyridine rings is 1. The lowest BCUT2D eigenvalue weighted by Gasteiger charge is -1.99. The van der Waals surface area contributed by atoms with Crippen molar-refractivity contribution in [3.63, 3.8) is 0 Å². The van der Waals surface area contributed by atoms with Crippen LogP contribution in [0.1, 0.15) is 5.82 Å². The number of H-pyrrole nitrogens is 2. The van der Waals surface area contributed by atoms with Gasteiger partial charge in [-0.3, -0.25) is 4.79 Å². The third-order valence-corrected chi connectivity index (χ3v) is 3.17. The Morgan fingerprint density at radius 3 is 3.05 bits per heavy atom. The number of nitrogens with one attached hydrogen (secondary N) is 2. The van der Waals surface area contributed by atoms with Crippen LogP contribution < -0.4 is 5.56 Å². The van der Waals surface area contributed by atoms with E-state index in [1.807, 2.05) is 0 Å². The molecule has 21 heavy (non-hydrogen) atoms. The van der Waals surface area contributed by atoms with Crippen LogP contribution in [0.3, 0.4) is 0 Å². The molecule has 0 unspecified atom stereocenters. The molecule has 0 aliphatic heterocycles. The SMILES string of the molecule is Cc1nc2nc(-c3ncc4[nH]ccc4c3O)oc2c(=O)[nH]1. The molecule has 0 amide bonds. The van der Waals surface area contributed by atoms with Crippen molar-refractivity contribution in [1.82, 2.24) is 24.9 Å². The summed E-state index contributed by atoms with van der Waals surface area (Å²) >= 11 is 0. The third-order valence-electron chi connectivity index (χ3n) is 3.17. The van der Waals surface area contributed by atoms with Crippen LogP contribution >= 0.6 is 0 Å². The average molecular weight is 283 g/mol. The molecular weight excluding hydrogens is 274 g/mol. The van der Waals surface area contributed by atoms with Crippen LogP contribution in [0.25, 0.3) is 33.7 Å². The molecule has 104 valence electrons. The maximum atomic E-state index is 11.8. The number of rotatable bonds is 1. The van der Waals surface area contributed by atoms with Crippen LogP contribution in [0.5, 0.6) is 5.75 Å². The summed E-state index contributed by atoms with van der Waals surface area (Å²) in [7, 11) is 0. The molecule has 8 heteroatoms. The Hall–Kier alpha value is -3.16. The van der Waals surface area contributed by atoms with E-state index < -0.39 is 5.56 Å². The van der Waals surface area contributed by atoms with Crippen molar-refractivity contribution in [3.8, 4) is 17.3 Å². The summed E-state index contributed by atoms with van der Waals surface area (Å²) in [6.45, 7) is 1.65. The van der Waals surface area contributed by atoms with Gasteiger partial charge in [0.15, 0.2) is 11.4 Å². The zero-order chi connectivity index (χ0) is 14.6. The summed E-state index contributed by atoms with van der Waals surface area (Å²) in [5, 5.41) is 10.8. The van der Waals surface area contributed by atoms with E-state index in [-0.39, 0.29) is 28.6 Å². The van der Waals surface area contributed by atoms with Gasteiger partial charge in [0.2, 0.25) is 11.2 Å². The largest absolute Gasteiger partial charge is 0.505 e. The molecular formula is C13H9N5O3. The summed E-state index contributed by atoms with van der Waals surface area (Å²) in [4.78, 5) is 29.6. The number of aryl methyl sites for hydroxylation is 1. The van der Waals surface area contributed by atoms with E-state index in [4.69, 9.17) is 4.42 Å². The summed E-state index contributed by atoms with van der Waals surface area (Å²) in [5.74, 6) is 0.424. The Balaban J connectivity index is 2.02. The van der Waals surface area contributed by atoms with Crippen LogP contribution in [0.15, 0.2) is 27.7 Å². The predicted octanol–water partition coefficient (Wildman–Crippen LogP) is 1.47. The van der Waals surface area contributed by atoms with Crippen LogP contribution in [0.4, 0.5) is 0 Å². The van der Waals surface area contributed by atoms with Crippen LogP contribution in [0, 0.1) is 6.92 Å². The van der Waals surface area contributed by atoms with Crippen molar-refractivity contribution in [2.45, 2.75) is 6.92 Å². The Labute approximate surface area is 116 Å². The Morgan fingerprint density at radius 1 is 1.33 bits per heavy atom. The van der Waals surface area contributed by atoms with Gasteiger partial charge < -0.3 is 19.5 Å². The van der Waals surface area contributed by atoms with E-state index in [0.29, 0.717) is 16.7 Å². The first-order valence-electron chi connectivity index (χ1n) is 6.16. The zero-order valence-corrected chi connectivity index (χ0v) is 10.8. The van der Waals surface area contributed by atoms with Gasteiger partial charge in [0, 0.05) is 11.6 Å². The van der Waals surface area contributed by atoms with E-state index in [1.54, 1.807) is 25.4 Å². The monoisotopic (exact) mass is 283 g/mol. The third kappa shape index (κ3) is 1.62. The summed E-state index contributed by atoms with van der Waals surface area (Å²) in [6.07, 6.45) is 3.25. The van der Waals surface area contributed by atoms with Crippen molar-refractivity contribution in [2.75, 3.05) is 0 Å². The number of aromatic nitrogens is 5. The fraction of sp³-hybridized carbons (Fsp3) is 0.0769. The standard InChI is InChI=1S/C13H9N5O3/c1-5-16-11-10(12(20)17-5)21-13(18-11)8-9(19)6-2-3-14-7(6)4-15-8/h2-4,14,19H,1H3,(H,16,17,20). The highest BCUT2D eigenvalue weighted by Gasteiger charge is 2.18. The van der Waals surface area contributed by atoms with E-state index in [9.17, 15) is 9.90 Å². The van der Waals surface area contributed by atoms with Crippen molar-refractivity contribution in [1.29, 1.82) is 0 Å². The molecule has 0 fully saturated rings. The Kier molecular flexibility index (Phi) is 2.17. The fourth-order valence-corrected chi connectivity index (χ4v) is 2.21. The van der Waals surface area contributed by atoms with Gasteiger partial charge in [-0.25, -0.2) is 9.97 Å². The Morgan fingerprint density at radius 2 is 2.19 bits per heavy atom. The van der Waals surface area contributed by atoms with Crippen molar-refractivity contribution in [3.05, 3.63) is 34.6 Å². The highest BCUT2D eigenvalue weighted by molar-refractivity contribution is 5.90. The molecule has 0 bridgehead atoms. The van der Waals surface area contributed by atoms with Crippen LogP contribution in [-0.4, -0.2) is 30.0 Å². The first-order chi connectivity index (χ1) is 10.1. The minimum Gasteiger partial charge on any atom is -0.505 e. The second-order valence-corrected chi connectivity index (χ2v) is 4.58. The topological polar surface area (TPSA) is 121 Å². The lowest BCUT2D eigenvalue weighted by molar-refractivity contribution is 0.477. The van der Waals surface area contributed by atoms with Gasteiger partial charge in [0.05, 0.1) is 11.7 Å². The van der Waals surface area contributed by atoms with Crippen molar-refractivity contribution >= 4 is 22.1 Å². The van der Waals surface area contributed by atoms with E-state index in [0.717, 1.165) is 0 Å². The fourth-order valence-electron chi connectivity index (χ4n) is 2.21. The van der Waals surface area contributed by atoms with Gasteiger partial charge in [-0.2, -0.15) is 4.98 Å². The second-order valence-electron chi connectivity index (χ2n) is 4.58. The molecule has 0 spiro atoms. The van der Waals surface area contributed by atoms with Crippen LogP contribution in [0.2, 0.25) is 0 Å². The van der Waals surface area contributed by atoms with Gasteiger partial charge in [0.25, 0.3) is 11.4 Å². The highest BCUT2D eigenvalue weighted by Crippen LogP contribution is 2.33. The van der Waals surface area contributed by atoms with Crippen molar-refractivity contribution in [2.24, 2.45) is 0 Å². The van der Waals surface area contributed by atoms with E-state index in [2.05, 4.69) is 24.9 Å². The van der Waals surface area contributed by atoms with Crippen LogP contribution in [-0.2, 0) is 0 Å². The smallest absolute Gasteiger partial charge is 0.296 e. The average Bonchev–Trinajstić information content (AvgIpc) is 3.05. The minimum absolute atomic E-state index is 0.00552. The number of hydrogen-bond acceptors (Lipinski definition) is 6. The maximum Gasteiger partial charge on any atom is 0.296 e. The quantitative estimate of drug-likeness (QED) is 0.486. The lowest BCUT2D eigenvalue weighted by atomic mass is 10.2. The molecule has 8 nitrogen and oxygen atoms in total. The molecule has 0 aliphatic carbocycles. The van der Waals surface area contributed by atoms with E-state index >= 15 is 0 Å². The lowest BCUT2D eigenvalue weighted by Crippen LogP contribution is -2.08. The highest BCUT2D eigenvalue weighted by atomic mass is 16.4. The van der Waals surface area contributed by atoms with Gasteiger partial charge in [0.1, 0.15) is 5.82 Å². The number of nitrogens with zero attached hydrogens (tertiary/aromatic N) is 3. The van der Waals surface area contributed by atoms with Crippen molar-refractivity contribution < 1.29 is 9.52 Å². The molecule has 0 saturated heterocycles. The Bertz CT molecular complexity index is 1040. The first kappa shape index (κ1) is 11.6. The maximum absolute atomic E-state index is 11.8. The number of aromatic hydroxyl groups is 1. The molecule has 0 atom stereocenters. The molecule has 4 heterocycles. The molecule has 0 radical (unpaired) electrons. The first-order valence-corrected chi connectivity index (χ1v) is 6.16. The molecule has 0 aliphatic rings. The zero-order valence-electron chi connectivity index (χ0n) is 10.8. The number of fused-ring (bicyclic) bond motifs is 2. The number of aromatic amines is 2. The summed E-state index contributed by atoms with van der Waals surface area (Å²) < 4.78 is 5.40. The van der Waals surface area contributed by atoms with Gasteiger partial charge in [-0.15, -0.1) is 0 Å². The number of hydrogen-bond donors (Lipinski definition) is 3. The van der Waals surface area contributed by atoms with Gasteiger partial charge >= 0.3 is 0 Å². The summed E-state index contributed by atoms with van der Waals surface area (Å²) in [5.41, 5.74) is 0.627. The molecule has 0 saturated carbocycles. The molecule has 4 aromatic rings. The number of oxazole rings is 1.